The number of halogens is 2. The molecule has 2 aliphatic rings. The Morgan fingerprint density at radius 2 is 2.08 bits per heavy atom. The fourth-order valence-electron chi connectivity index (χ4n) is 3.62. The van der Waals surface area contributed by atoms with Crippen LogP contribution in [0.25, 0.3) is 10.9 Å². The van der Waals surface area contributed by atoms with Crippen molar-refractivity contribution in [3.63, 3.8) is 0 Å². The minimum absolute atomic E-state index is 0.173. The maximum Gasteiger partial charge on any atom is 0.410 e. The third-order valence-corrected chi connectivity index (χ3v) is 4.97. The molecule has 4 rings (SSSR count). The van der Waals surface area contributed by atoms with Gasteiger partial charge >= 0.3 is 6.09 Å². The average Bonchev–Trinajstić information content (AvgIpc) is 2.89. The Hall–Kier alpha value is -1.89. The quantitative estimate of drug-likeness (QED) is 0.799. The molecular formula is C16H18ClFN4O2. The van der Waals surface area contributed by atoms with Gasteiger partial charge in [-0.15, -0.1) is 0 Å². The number of nitrogens with zero attached hydrogens (tertiary/aromatic N) is 3. The first-order chi connectivity index (χ1) is 11.3. The van der Waals surface area contributed by atoms with Crippen LogP contribution in [0, 0.1) is 17.7 Å². The molecule has 1 saturated carbocycles. The molecule has 1 aliphatic heterocycles. The van der Waals surface area contributed by atoms with Gasteiger partial charge in [0.2, 0.25) is 0 Å². The first kappa shape index (κ1) is 15.6. The van der Waals surface area contributed by atoms with Crippen LogP contribution in [0.2, 0.25) is 5.15 Å². The Balaban J connectivity index is 1.50. The van der Waals surface area contributed by atoms with Crippen LogP contribution >= 0.6 is 11.6 Å². The van der Waals surface area contributed by atoms with Gasteiger partial charge < -0.3 is 9.64 Å². The van der Waals surface area contributed by atoms with Crippen molar-refractivity contribution in [3.8, 4) is 0 Å². The van der Waals surface area contributed by atoms with Crippen molar-refractivity contribution in [2.24, 2.45) is 11.8 Å². The van der Waals surface area contributed by atoms with Gasteiger partial charge in [0.25, 0.3) is 0 Å². The largest absolute Gasteiger partial charge is 0.444 e. The molecule has 1 aliphatic carbocycles. The number of H-pyrrole nitrogens is 1. The first-order valence-electron chi connectivity index (χ1n) is 7.92. The highest BCUT2D eigenvalue weighted by molar-refractivity contribution is 6.30. The molecule has 24 heavy (non-hydrogen) atoms. The number of ether oxygens (including phenoxy) is 1. The van der Waals surface area contributed by atoms with E-state index in [4.69, 9.17) is 16.3 Å². The maximum atomic E-state index is 14.0. The second-order valence-electron chi connectivity index (χ2n) is 7.50. The smallest absolute Gasteiger partial charge is 0.410 e. The number of hydrogen-bond acceptors (Lipinski definition) is 4. The molecular weight excluding hydrogens is 335 g/mol. The Morgan fingerprint density at radius 3 is 2.71 bits per heavy atom. The van der Waals surface area contributed by atoms with E-state index < -0.39 is 11.4 Å². The van der Waals surface area contributed by atoms with E-state index in [2.05, 4.69) is 15.2 Å². The molecule has 1 amide bonds. The molecule has 0 radical (unpaired) electrons. The van der Waals surface area contributed by atoms with E-state index >= 15 is 0 Å². The molecule has 3 atom stereocenters. The van der Waals surface area contributed by atoms with Gasteiger partial charge in [-0.3, -0.25) is 5.10 Å². The van der Waals surface area contributed by atoms with E-state index in [1.165, 1.54) is 0 Å². The molecule has 1 saturated heterocycles. The number of carbonyl (C=O) groups excluding carboxylic acids is 1. The van der Waals surface area contributed by atoms with Crippen molar-refractivity contribution in [1.82, 2.24) is 20.1 Å². The van der Waals surface area contributed by atoms with Gasteiger partial charge in [-0.25, -0.2) is 14.2 Å². The summed E-state index contributed by atoms with van der Waals surface area (Å²) in [6.07, 6.45) is 1.28. The minimum Gasteiger partial charge on any atom is -0.444 e. The number of amides is 1. The lowest BCUT2D eigenvalue weighted by Crippen LogP contribution is -2.36. The van der Waals surface area contributed by atoms with Crippen LogP contribution in [0.3, 0.4) is 0 Å². The normalized spacial score (nSPS) is 25.9. The van der Waals surface area contributed by atoms with Crippen LogP contribution in [0.5, 0.6) is 0 Å². The predicted octanol–water partition coefficient (Wildman–Crippen LogP) is 3.33. The Kier molecular flexibility index (Phi) is 3.29. The van der Waals surface area contributed by atoms with E-state index in [-0.39, 0.29) is 22.7 Å². The van der Waals surface area contributed by atoms with E-state index in [1.807, 2.05) is 20.8 Å². The highest BCUT2D eigenvalue weighted by Crippen LogP contribution is 2.58. The van der Waals surface area contributed by atoms with Crippen molar-refractivity contribution < 1.29 is 13.9 Å². The molecule has 0 aromatic carbocycles. The van der Waals surface area contributed by atoms with Crippen LogP contribution in [0.15, 0.2) is 6.20 Å². The zero-order valence-corrected chi connectivity index (χ0v) is 14.4. The summed E-state index contributed by atoms with van der Waals surface area (Å²) in [5.74, 6) is 0.341. The predicted molar refractivity (Wildman–Crippen MR) is 86.4 cm³/mol. The number of carbonyl (C=O) groups is 1. The van der Waals surface area contributed by atoms with Gasteiger partial charge in [-0.2, -0.15) is 5.10 Å². The highest BCUT2D eigenvalue weighted by atomic mass is 35.5. The van der Waals surface area contributed by atoms with Crippen LogP contribution in [0.1, 0.15) is 32.4 Å². The number of piperidine rings is 1. The molecule has 1 unspecified atom stereocenters. The summed E-state index contributed by atoms with van der Waals surface area (Å²) in [5.41, 5.74) is 0.608. The number of nitrogens with one attached hydrogen (secondary N) is 1. The number of likely N-dealkylation sites (tertiary alicyclic amines) is 1. The maximum absolute atomic E-state index is 14.0. The number of fused-ring (bicyclic) bond motifs is 2. The average molecular weight is 353 g/mol. The highest BCUT2D eigenvalue weighted by Gasteiger charge is 2.58. The van der Waals surface area contributed by atoms with Crippen LogP contribution in [-0.2, 0) is 4.74 Å². The third kappa shape index (κ3) is 2.42. The number of aromatic nitrogens is 3. The molecule has 128 valence electrons. The van der Waals surface area contributed by atoms with Gasteiger partial charge in [0, 0.05) is 36.3 Å². The number of hydrogen-bond donors (Lipinski definition) is 1. The molecule has 2 aromatic rings. The summed E-state index contributed by atoms with van der Waals surface area (Å²) < 4.78 is 19.4. The van der Waals surface area contributed by atoms with Crippen LogP contribution < -0.4 is 0 Å². The SMILES string of the molecule is CC(C)(C)OC(=O)N1C[C@@H]2C(c3[nH]nc4c(F)c(Cl)ncc34)[C@@H]2C1. The van der Waals surface area contributed by atoms with Crippen LogP contribution in [0.4, 0.5) is 9.18 Å². The lowest BCUT2D eigenvalue weighted by Gasteiger charge is -2.25. The second-order valence-corrected chi connectivity index (χ2v) is 7.86. The number of pyridine rings is 1. The van der Waals surface area contributed by atoms with E-state index in [9.17, 15) is 9.18 Å². The summed E-state index contributed by atoms with van der Waals surface area (Å²) in [4.78, 5) is 17.7. The van der Waals surface area contributed by atoms with Crippen molar-refractivity contribution in [2.45, 2.75) is 32.3 Å². The number of aromatic amines is 1. The molecule has 2 aromatic heterocycles. The lowest BCUT2D eigenvalue weighted by atomic mass is 10.1. The standard InChI is InChI=1S/C16H18ClFN4O2/c1-16(2,3)24-15(23)22-5-8-9(6-22)10(8)12-7-4-19-14(17)11(18)13(7)21-20-12/h4,8-10H,5-6H2,1-3H3,(H,20,21)/t8-,9+,10?. The van der Waals surface area contributed by atoms with Gasteiger partial charge in [-0.1, -0.05) is 11.6 Å². The minimum atomic E-state index is -0.599. The summed E-state index contributed by atoms with van der Waals surface area (Å²) in [5, 5.41) is 7.47. The van der Waals surface area contributed by atoms with Gasteiger partial charge in [0.1, 0.15) is 11.1 Å². The molecule has 0 bridgehead atoms. The fraction of sp³-hybridized carbons (Fsp3) is 0.562. The summed E-state index contributed by atoms with van der Waals surface area (Å²) >= 11 is 5.70. The van der Waals surface area contributed by atoms with Gasteiger partial charge in [0.05, 0.1) is 0 Å². The monoisotopic (exact) mass is 352 g/mol. The van der Waals surface area contributed by atoms with Crippen molar-refractivity contribution in [3.05, 3.63) is 22.9 Å². The second kappa shape index (κ2) is 5.05. The van der Waals surface area contributed by atoms with E-state index in [0.29, 0.717) is 30.3 Å². The molecule has 8 heteroatoms. The van der Waals surface area contributed by atoms with Gasteiger partial charge in [0.15, 0.2) is 11.0 Å². The van der Waals surface area contributed by atoms with Gasteiger partial charge in [-0.05, 0) is 32.6 Å². The summed E-state index contributed by atoms with van der Waals surface area (Å²) in [6, 6.07) is 0. The topological polar surface area (TPSA) is 71.1 Å². The number of rotatable bonds is 1. The van der Waals surface area contributed by atoms with Crippen molar-refractivity contribution in [2.75, 3.05) is 13.1 Å². The van der Waals surface area contributed by atoms with E-state index in [0.717, 1.165) is 5.69 Å². The Bertz CT molecular complexity index is 819. The summed E-state index contributed by atoms with van der Waals surface area (Å²) in [6.45, 7) is 6.86. The first-order valence-corrected chi connectivity index (χ1v) is 8.30. The lowest BCUT2D eigenvalue weighted by molar-refractivity contribution is 0.0271. The molecule has 1 N–H and O–H groups in total. The zero-order chi connectivity index (χ0) is 17.2. The van der Waals surface area contributed by atoms with Crippen molar-refractivity contribution in [1.29, 1.82) is 0 Å². The molecule has 0 spiro atoms. The molecule has 6 nitrogen and oxygen atoms in total. The Morgan fingerprint density at radius 1 is 1.42 bits per heavy atom. The third-order valence-electron chi connectivity index (χ3n) is 4.71. The summed E-state index contributed by atoms with van der Waals surface area (Å²) in [7, 11) is 0. The van der Waals surface area contributed by atoms with Crippen molar-refractivity contribution >= 4 is 28.6 Å². The van der Waals surface area contributed by atoms with E-state index in [1.54, 1.807) is 11.1 Å². The Labute approximate surface area is 143 Å². The molecule has 2 fully saturated rings. The molecule has 3 heterocycles. The van der Waals surface area contributed by atoms with Crippen LogP contribution in [-0.4, -0.2) is 44.9 Å². The zero-order valence-electron chi connectivity index (χ0n) is 13.6. The fourth-order valence-corrected chi connectivity index (χ4v) is 3.76.